The van der Waals surface area contributed by atoms with Gasteiger partial charge in [-0.3, -0.25) is 9.59 Å². The lowest BCUT2D eigenvalue weighted by Crippen LogP contribution is -2.43. The summed E-state index contributed by atoms with van der Waals surface area (Å²) in [6.45, 7) is 1.58. The van der Waals surface area contributed by atoms with Crippen molar-refractivity contribution in [2.75, 3.05) is 14.2 Å². The smallest absolute Gasteiger partial charge is 0.262 e. The highest BCUT2D eigenvalue weighted by molar-refractivity contribution is 5.97. The van der Waals surface area contributed by atoms with Gasteiger partial charge in [0.15, 0.2) is 0 Å². The first kappa shape index (κ1) is 19.0. The zero-order valence-corrected chi connectivity index (χ0v) is 14.9. The molecule has 2 aromatic rings. The van der Waals surface area contributed by atoms with Gasteiger partial charge >= 0.3 is 0 Å². The van der Waals surface area contributed by atoms with Crippen LogP contribution in [0.5, 0.6) is 11.5 Å². The molecule has 2 aromatic carbocycles. The molecule has 136 valence electrons. The fourth-order valence-corrected chi connectivity index (χ4v) is 2.12. The second-order valence-electron chi connectivity index (χ2n) is 5.40. The molecule has 2 N–H and O–H groups in total. The number of hydrogen-bond donors (Lipinski definition) is 2. The number of ether oxygens (including phenoxy) is 2. The fourth-order valence-electron chi connectivity index (χ4n) is 2.12. The van der Waals surface area contributed by atoms with Crippen LogP contribution in [0.4, 0.5) is 0 Å². The number of amides is 2. The van der Waals surface area contributed by atoms with E-state index < -0.39 is 11.9 Å². The lowest BCUT2D eigenvalue weighted by atomic mass is 10.2. The zero-order valence-electron chi connectivity index (χ0n) is 14.9. The number of hydrazone groups is 1. The Morgan fingerprint density at radius 2 is 1.73 bits per heavy atom. The third-order valence-electron chi connectivity index (χ3n) is 3.61. The molecule has 2 amide bonds. The van der Waals surface area contributed by atoms with Gasteiger partial charge in [-0.2, -0.15) is 5.10 Å². The molecule has 0 heterocycles. The molecule has 0 aliphatic heterocycles. The van der Waals surface area contributed by atoms with E-state index in [4.69, 9.17) is 9.47 Å². The van der Waals surface area contributed by atoms with E-state index in [1.54, 1.807) is 51.5 Å². The van der Waals surface area contributed by atoms with Gasteiger partial charge < -0.3 is 14.8 Å². The fraction of sp³-hybridized carbons (Fsp3) is 0.211. The van der Waals surface area contributed by atoms with Crippen LogP contribution < -0.4 is 20.2 Å². The van der Waals surface area contributed by atoms with Crippen LogP contribution >= 0.6 is 0 Å². The Hall–Kier alpha value is -3.35. The number of carbonyl (C=O) groups excluding carboxylic acids is 2. The molecule has 0 saturated heterocycles. The second kappa shape index (κ2) is 9.22. The van der Waals surface area contributed by atoms with E-state index in [-0.39, 0.29) is 5.91 Å². The quantitative estimate of drug-likeness (QED) is 0.587. The van der Waals surface area contributed by atoms with Crippen molar-refractivity contribution in [3.8, 4) is 11.5 Å². The van der Waals surface area contributed by atoms with E-state index in [1.165, 1.54) is 6.21 Å². The van der Waals surface area contributed by atoms with Gasteiger partial charge in [-0.25, -0.2) is 5.43 Å². The van der Waals surface area contributed by atoms with Crippen LogP contribution in [0.3, 0.4) is 0 Å². The maximum atomic E-state index is 12.2. The molecule has 0 aromatic heterocycles. The topological polar surface area (TPSA) is 89.0 Å². The van der Waals surface area contributed by atoms with E-state index in [2.05, 4.69) is 15.8 Å². The van der Waals surface area contributed by atoms with Gasteiger partial charge in [-0.05, 0) is 43.3 Å². The molecule has 2 rings (SSSR count). The van der Waals surface area contributed by atoms with Crippen LogP contribution in [0.15, 0.2) is 53.6 Å². The predicted molar refractivity (Wildman–Crippen MR) is 98.7 cm³/mol. The number of benzene rings is 2. The highest BCUT2D eigenvalue weighted by Gasteiger charge is 2.16. The molecule has 0 spiro atoms. The largest absolute Gasteiger partial charge is 0.497 e. The Morgan fingerprint density at radius 1 is 1.04 bits per heavy atom. The molecule has 26 heavy (non-hydrogen) atoms. The normalized spacial score (nSPS) is 11.7. The first-order valence-corrected chi connectivity index (χ1v) is 7.96. The highest BCUT2D eigenvalue weighted by Crippen LogP contribution is 2.14. The van der Waals surface area contributed by atoms with E-state index in [9.17, 15) is 9.59 Å². The lowest BCUT2D eigenvalue weighted by Gasteiger charge is -2.12. The van der Waals surface area contributed by atoms with Gasteiger partial charge in [-0.1, -0.05) is 12.1 Å². The summed E-state index contributed by atoms with van der Waals surface area (Å²) in [5.74, 6) is 0.506. The maximum Gasteiger partial charge on any atom is 0.262 e. The SMILES string of the molecule is COc1ccc(C(=O)NC(C)C(=O)NN=Cc2ccccc2OC)cc1. The minimum Gasteiger partial charge on any atom is -0.497 e. The molecule has 7 heteroatoms. The van der Waals surface area contributed by atoms with Crippen molar-refractivity contribution in [2.24, 2.45) is 5.10 Å². The van der Waals surface area contributed by atoms with Crippen molar-refractivity contribution in [2.45, 2.75) is 13.0 Å². The van der Waals surface area contributed by atoms with Crippen LogP contribution in [0.1, 0.15) is 22.8 Å². The van der Waals surface area contributed by atoms with Crippen molar-refractivity contribution in [3.05, 3.63) is 59.7 Å². The monoisotopic (exact) mass is 355 g/mol. The van der Waals surface area contributed by atoms with Crippen molar-refractivity contribution >= 4 is 18.0 Å². The second-order valence-corrected chi connectivity index (χ2v) is 5.40. The van der Waals surface area contributed by atoms with Crippen molar-refractivity contribution in [1.82, 2.24) is 10.7 Å². The average Bonchev–Trinajstić information content (AvgIpc) is 2.68. The molecule has 7 nitrogen and oxygen atoms in total. The number of methoxy groups -OCH3 is 2. The van der Waals surface area contributed by atoms with Gasteiger partial charge in [0, 0.05) is 11.1 Å². The summed E-state index contributed by atoms with van der Waals surface area (Å²) >= 11 is 0. The van der Waals surface area contributed by atoms with Crippen molar-refractivity contribution in [1.29, 1.82) is 0 Å². The summed E-state index contributed by atoms with van der Waals surface area (Å²) < 4.78 is 10.2. The van der Waals surface area contributed by atoms with Gasteiger partial charge in [0.25, 0.3) is 11.8 Å². The maximum absolute atomic E-state index is 12.2. The number of nitrogens with zero attached hydrogens (tertiary/aromatic N) is 1. The Bertz CT molecular complexity index is 788. The Kier molecular flexibility index (Phi) is 6.73. The zero-order chi connectivity index (χ0) is 18.9. The summed E-state index contributed by atoms with van der Waals surface area (Å²) in [4.78, 5) is 24.2. The lowest BCUT2D eigenvalue weighted by molar-refractivity contribution is -0.122. The van der Waals surface area contributed by atoms with Gasteiger partial charge in [0.1, 0.15) is 17.5 Å². The first-order chi connectivity index (χ1) is 12.5. The Balaban J connectivity index is 1.90. The molecule has 0 aliphatic carbocycles. The standard InChI is InChI=1S/C19H21N3O4/c1-13(21-19(24)14-8-10-16(25-2)11-9-14)18(23)22-20-12-15-6-4-5-7-17(15)26-3/h4-13H,1-3H3,(H,21,24)(H,22,23). The van der Waals surface area contributed by atoms with Crippen molar-refractivity contribution < 1.29 is 19.1 Å². The third kappa shape index (κ3) is 5.07. The minimum atomic E-state index is -0.751. The van der Waals surface area contributed by atoms with Gasteiger partial charge in [0.05, 0.1) is 20.4 Å². The highest BCUT2D eigenvalue weighted by atomic mass is 16.5. The summed E-state index contributed by atoms with van der Waals surface area (Å²) in [7, 11) is 3.11. The van der Waals surface area contributed by atoms with Crippen LogP contribution in [0, 0.1) is 0 Å². The van der Waals surface area contributed by atoms with Crippen LogP contribution in [-0.2, 0) is 4.79 Å². The van der Waals surface area contributed by atoms with E-state index in [1.807, 2.05) is 18.2 Å². The molecule has 1 atom stereocenters. The Labute approximate surface area is 152 Å². The number of carbonyl (C=O) groups is 2. The molecular weight excluding hydrogens is 334 g/mol. The first-order valence-electron chi connectivity index (χ1n) is 7.96. The molecule has 0 aliphatic rings. The van der Waals surface area contributed by atoms with Gasteiger partial charge in [-0.15, -0.1) is 0 Å². The Morgan fingerprint density at radius 3 is 2.38 bits per heavy atom. The van der Waals surface area contributed by atoms with Crippen LogP contribution in [0.2, 0.25) is 0 Å². The van der Waals surface area contributed by atoms with Crippen LogP contribution in [-0.4, -0.2) is 38.3 Å². The molecule has 0 fully saturated rings. The number of hydrogen-bond acceptors (Lipinski definition) is 5. The average molecular weight is 355 g/mol. The van der Waals surface area contributed by atoms with E-state index >= 15 is 0 Å². The molecule has 0 bridgehead atoms. The summed E-state index contributed by atoms with van der Waals surface area (Å²) in [6.07, 6.45) is 1.48. The van der Waals surface area contributed by atoms with E-state index in [0.29, 0.717) is 17.1 Å². The van der Waals surface area contributed by atoms with Crippen LogP contribution in [0.25, 0.3) is 0 Å². The summed E-state index contributed by atoms with van der Waals surface area (Å²) in [5.41, 5.74) is 3.56. The molecular formula is C19H21N3O4. The number of para-hydroxylation sites is 1. The summed E-state index contributed by atoms with van der Waals surface area (Å²) in [5, 5.41) is 6.52. The molecule has 0 radical (unpaired) electrons. The predicted octanol–water partition coefficient (Wildman–Crippen LogP) is 1.97. The number of rotatable bonds is 7. The third-order valence-corrected chi connectivity index (χ3v) is 3.61. The number of nitrogens with one attached hydrogen (secondary N) is 2. The minimum absolute atomic E-state index is 0.357. The summed E-state index contributed by atoms with van der Waals surface area (Å²) in [6, 6.07) is 13.1. The van der Waals surface area contributed by atoms with Gasteiger partial charge in [0.2, 0.25) is 0 Å². The van der Waals surface area contributed by atoms with Crippen molar-refractivity contribution in [3.63, 3.8) is 0 Å². The molecule has 0 saturated carbocycles. The molecule has 1 unspecified atom stereocenters. The van der Waals surface area contributed by atoms with E-state index in [0.717, 1.165) is 5.56 Å².